The zero-order valence-corrected chi connectivity index (χ0v) is 8.79. The van der Waals surface area contributed by atoms with Crippen molar-refractivity contribution in [3.8, 4) is 0 Å². The third-order valence-corrected chi connectivity index (χ3v) is 2.52. The lowest BCUT2D eigenvalue weighted by Gasteiger charge is -2.24. The van der Waals surface area contributed by atoms with Crippen molar-refractivity contribution in [2.45, 2.75) is 19.4 Å². The smallest absolute Gasteiger partial charge is 0.204 e. The van der Waals surface area contributed by atoms with E-state index in [4.69, 9.17) is 16.3 Å². The fourth-order valence-corrected chi connectivity index (χ4v) is 1.74. The monoisotopic (exact) mass is 209 g/mol. The molecule has 0 aromatic heterocycles. The van der Waals surface area contributed by atoms with Gasteiger partial charge < -0.3 is 4.74 Å². The highest BCUT2D eigenvalue weighted by Gasteiger charge is 2.20. The summed E-state index contributed by atoms with van der Waals surface area (Å²) in [6, 6.07) is 8.03. The number of hydrogen-bond donors (Lipinski definition) is 0. The summed E-state index contributed by atoms with van der Waals surface area (Å²) in [4.78, 5) is 4.32. The number of benzene rings is 1. The van der Waals surface area contributed by atoms with Crippen molar-refractivity contribution in [1.82, 2.24) is 0 Å². The van der Waals surface area contributed by atoms with Gasteiger partial charge in [-0.05, 0) is 12.5 Å². The molecule has 0 spiro atoms. The van der Waals surface area contributed by atoms with Crippen LogP contribution >= 0.6 is 11.6 Å². The quantitative estimate of drug-likeness (QED) is 0.684. The number of rotatable bonds is 2. The van der Waals surface area contributed by atoms with Crippen LogP contribution in [0.25, 0.3) is 0 Å². The Morgan fingerprint density at radius 2 is 2.21 bits per heavy atom. The van der Waals surface area contributed by atoms with E-state index in [2.05, 4.69) is 18.0 Å². The second-order valence-electron chi connectivity index (χ2n) is 3.21. The van der Waals surface area contributed by atoms with Gasteiger partial charge in [-0.2, -0.15) is 0 Å². The van der Waals surface area contributed by atoms with Crippen molar-refractivity contribution >= 4 is 23.2 Å². The summed E-state index contributed by atoms with van der Waals surface area (Å²) in [6.07, 6.45) is 1.05. The second-order valence-corrected chi connectivity index (χ2v) is 3.48. The van der Waals surface area contributed by atoms with Crippen LogP contribution in [0.2, 0.25) is 0 Å². The molecular formula is C11H12ClNO. The van der Waals surface area contributed by atoms with E-state index in [0.717, 1.165) is 17.7 Å². The molecule has 0 radical (unpaired) electrons. The molecule has 1 heterocycles. The van der Waals surface area contributed by atoms with E-state index in [-0.39, 0.29) is 6.10 Å². The maximum absolute atomic E-state index is 5.71. The van der Waals surface area contributed by atoms with Crippen molar-refractivity contribution in [2.75, 3.05) is 5.88 Å². The molecule has 1 atom stereocenters. The molecule has 74 valence electrons. The van der Waals surface area contributed by atoms with Gasteiger partial charge >= 0.3 is 0 Å². The minimum absolute atomic E-state index is 0.109. The van der Waals surface area contributed by atoms with Crippen LogP contribution in [0.4, 0.5) is 5.69 Å². The van der Waals surface area contributed by atoms with Gasteiger partial charge in [0.15, 0.2) is 0 Å². The van der Waals surface area contributed by atoms with E-state index in [1.165, 1.54) is 0 Å². The van der Waals surface area contributed by atoms with E-state index >= 15 is 0 Å². The molecule has 0 saturated carbocycles. The summed E-state index contributed by atoms with van der Waals surface area (Å²) in [5.41, 5.74) is 2.14. The molecule has 0 saturated heterocycles. The largest absolute Gasteiger partial charge is 0.472 e. The first-order chi connectivity index (χ1) is 6.85. The molecule has 0 fully saturated rings. The number of alkyl halides is 1. The summed E-state index contributed by atoms with van der Waals surface area (Å²) >= 11 is 5.71. The number of para-hydroxylation sites is 1. The van der Waals surface area contributed by atoms with Crippen molar-refractivity contribution < 1.29 is 4.74 Å². The molecule has 0 bridgehead atoms. The Balaban J connectivity index is 2.43. The van der Waals surface area contributed by atoms with E-state index in [9.17, 15) is 0 Å². The van der Waals surface area contributed by atoms with Gasteiger partial charge in [-0.3, -0.25) is 0 Å². The molecule has 2 nitrogen and oxygen atoms in total. The highest BCUT2D eigenvalue weighted by atomic mass is 35.5. The van der Waals surface area contributed by atoms with E-state index in [1.807, 2.05) is 18.2 Å². The highest BCUT2D eigenvalue weighted by molar-refractivity contribution is 6.27. The van der Waals surface area contributed by atoms with Gasteiger partial charge in [-0.25, -0.2) is 4.99 Å². The van der Waals surface area contributed by atoms with Crippen LogP contribution < -0.4 is 0 Å². The molecule has 3 heteroatoms. The van der Waals surface area contributed by atoms with Crippen LogP contribution in [0.15, 0.2) is 29.3 Å². The van der Waals surface area contributed by atoms with Crippen LogP contribution in [-0.2, 0) is 4.74 Å². The Morgan fingerprint density at radius 3 is 2.93 bits per heavy atom. The van der Waals surface area contributed by atoms with Crippen LogP contribution in [0.5, 0.6) is 0 Å². The molecule has 0 N–H and O–H groups in total. The number of aliphatic imine (C=N–C) groups is 1. The van der Waals surface area contributed by atoms with Gasteiger partial charge in [0.25, 0.3) is 0 Å². The zero-order chi connectivity index (χ0) is 9.97. The molecular weight excluding hydrogens is 198 g/mol. The first-order valence-electron chi connectivity index (χ1n) is 4.74. The van der Waals surface area contributed by atoms with E-state index < -0.39 is 0 Å². The fourth-order valence-electron chi connectivity index (χ4n) is 1.61. The van der Waals surface area contributed by atoms with Crippen molar-refractivity contribution in [3.05, 3.63) is 29.8 Å². The maximum atomic E-state index is 5.71. The lowest BCUT2D eigenvalue weighted by atomic mass is 10.0. The van der Waals surface area contributed by atoms with Gasteiger partial charge in [0.05, 0.1) is 11.6 Å². The SMILES string of the molecule is CCC1OC(CCl)=Nc2ccccc21. The average Bonchev–Trinajstić information content (AvgIpc) is 2.27. The third kappa shape index (κ3) is 1.62. The lowest BCUT2D eigenvalue weighted by molar-refractivity contribution is 0.181. The van der Waals surface area contributed by atoms with Crippen molar-refractivity contribution in [2.24, 2.45) is 4.99 Å². The Bertz CT molecular complexity index is 362. The van der Waals surface area contributed by atoms with Crippen molar-refractivity contribution in [3.63, 3.8) is 0 Å². The van der Waals surface area contributed by atoms with Crippen molar-refractivity contribution in [1.29, 1.82) is 0 Å². The standard InChI is InChI=1S/C11H12ClNO/c1-2-10-8-5-3-4-6-9(8)13-11(7-12)14-10/h3-6,10H,2,7H2,1H3. The second kappa shape index (κ2) is 4.01. The van der Waals surface area contributed by atoms with E-state index in [1.54, 1.807) is 0 Å². The molecule has 14 heavy (non-hydrogen) atoms. The Hall–Kier alpha value is -1.02. The van der Waals surface area contributed by atoms with Crippen LogP contribution in [0, 0.1) is 0 Å². The van der Waals surface area contributed by atoms with Crippen LogP contribution in [0.3, 0.4) is 0 Å². The summed E-state index contributed by atoms with van der Waals surface area (Å²) < 4.78 is 5.63. The summed E-state index contributed by atoms with van der Waals surface area (Å²) in [7, 11) is 0. The fraction of sp³-hybridized carbons (Fsp3) is 0.364. The molecule has 1 aromatic carbocycles. The zero-order valence-electron chi connectivity index (χ0n) is 8.03. The van der Waals surface area contributed by atoms with Gasteiger partial charge in [0.1, 0.15) is 6.10 Å². The first-order valence-corrected chi connectivity index (χ1v) is 5.27. The van der Waals surface area contributed by atoms with Gasteiger partial charge in [0, 0.05) is 5.56 Å². The minimum Gasteiger partial charge on any atom is -0.472 e. The van der Waals surface area contributed by atoms with Gasteiger partial charge in [0.2, 0.25) is 5.90 Å². The number of halogens is 1. The topological polar surface area (TPSA) is 21.6 Å². The molecule has 2 rings (SSSR count). The van der Waals surface area contributed by atoms with Gasteiger partial charge in [-0.15, -0.1) is 11.6 Å². The highest BCUT2D eigenvalue weighted by Crippen LogP contribution is 2.34. The predicted molar refractivity (Wildman–Crippen MR) is 58.4 cm³/mol. The van der Waals surface area contributed by atoms with Crippen LogP contribution in [0.1, 0.15) is 25.0 Å². The number of ether oxygens (including phenoxy) is 1. The Morgan fingerprint density at radius 1 is 1.43 bits per heavy atom. The number of fused-ring (bicyclic) bond motifs is 1. The molecule has 0 aliphatic carbocycles. The molecule has 1 unspecified atom stereocenters. The van der Waals surface area contributed by atoms with E-state index in [0.29, 0.717) is 11.8 Å². The maximum Gasteiger partial charge on any atom is 0.204 e. The number of nitrogens with zero attached hydrogens (tertiary/aromatic N) is 1. The third-order valence-electron chi connectivity index (χ3n) is 2.29. The Kier molecular flexibility index (Phi) is 2.73. The Labute approximate surface area is 88.6 Å². The molecule has 0 amide bonds. The summed E-state index contributed by atoms with van der Waals surface area (Å²) in [6.45, 7) is 2.10. The summed E-state index contributed by atoms with van der Waals surface area (Å²) in [5.74, 6) is 0.961. The lowest BCUT2D eigenvalue weighted by Crippen LogP contribution is -2.16. The molecule has 1 aromatic rings. The summed E-state index contributed by atoms with van der Waals surface area (Å²) in [5, 5.41) is 0. The molecule has 1 aliphatic heterocycles. The van der Waals surface area contributed by atoms with Gasteiger partial charge in [-0.1, -0.05) is 25.1 Å². The minimum atomic E-state index is 0.109. The normalized spacial score (nSPS) is 19.6. The first kappa shape index (κ1) is 9.53. The van der Waals surface area contributed by atoms with Crippen LogP contribution in [-0.4, -0.2) is 11.8 Å². The number of hydrogen-bond acceptors (Lipinski definition) is 2. The molecule has 1 aliphatic rings. The predicted octanol–water partition coefficient (Wildman–Crippen LogP) is 3.44. The average molecular weight is 210 g/mol.